The fraction of sp³-hybridized carbons (Fsp3) is 0. The molecule has 0 spiro atoms. The third kappa shape index (κ3) is 17.3. The van der Waals surface area contributed by atoms with Crippen LogP contribution in [0.4, 0.5) is 0 Å². The molecule has 0 N–H and O–H groups in total. The Bertz CT molecular complexity index is 30.7. The van der Waals surface area contributed by atoms with Crippen LogP contribution in [0, 0.1) is 13.2 Å². The van der Waals surface area contributed by atoms with Crippen molar-refractivity contribution >= 4 is 0 Å². The second-order valence-corrected chi connectivity index (χ2v) is 0.385. The maximum Gasteiger partial charge on any atom is 0 e. The second-order valence-electron chi connectivity index (χ2n) is 0.385. The van der Waals surface area contributed by atoms with Crippen molar-refractivity contribution in [3.63, 3.8) is 0 Å². The average molecular weight is 232 g/mol. The third-order valence-electron chi connectivity index (χ3n) is 0.111. The SMILES string of the molecule is [CH-]=CC=[CH-].[HH].[Y].[Y]. The van der Waals surface area contributed by atoms with E-state index >= 15 is 0 Å². The summed E-state index contributed by atoms with van der Waals surface area (Å²) in [6, 6.07) is 0. The molecule has 0 aromatic heterocycles. The number of allylic oxidation sites excluding steroid dienone is 2. The van der Waals surface area contributed by atoms with Gasteiger partial charge in [-0.25, -0.2) is 0 Å². The van der Waals surface area contributed by atoms with Crippen molar-refractivity contribution in [1.82, 2.24) is 0 Å². The standard InChI is InChI=1S/C4H4.2Y.H2/c1-3-4-2;;;/h1-4H;;;1H/q-2;;;. The molecule has 0 aliphatic carbocycles. The minimum absolute atomic E-state index is 0. The van der Waals surface area contributed by atoms with Crippen molar-refractivity contribution in [3.05, 3.63) is 25.3 Å². The second kappa shape index (κ2) is 15.9. The number of hydrogen-bond donors (Lipinski definition) is 0. The van der Waals surface area contributed by atoms with Gasteiger partial charge in [-0.3, -0.25) is 0 Å². The molecule has 0 rings (SSSR count). The number of hydrogen-bond acceptors (Lipinski definition) is 0. The normalized spacial score (nSPS) is 3.33. The van der Waals surface area contributed by atoms with Gasteiger partial charge >= 0.3 is 0 Å². The summed E-state index contributed by atoms with van der Waals surface area (Å²) in [5.74, 6) is 0. The Morgan fingerprint density at radius 2 is 1.17 bits per heavy atom. The van der Waals surface area contributed by atoms with E-state index < -0.39 is 0 Å². The van der Waals surface area contributed by atoms with Crippen molar-refractivity contribution < 1.29 is 66.8 Å². The maximum atomic E-state index is 4.72. The van der Waals surface area contributed by atoms with E-state index in [4.69, 9.17) is 13.2 Å². The largest absolute Gasteiger partial charge is 0.394 e. The summed E-state index contributed by atoms with van der Waals surface area (Å²) >= 11 is 0. The van der Waals surface area contributed by atoms with E-state index in [-0.39, 0.29) is 66.8 Å². The smallest absolute Gasteiger partial charge is 0 e. The van der Waals surface area contributed by atoms with E-state index in [0.29, 0.717) is 0 Å². The Kier molecular flexibility index (Phi) is 41.5. The Morgan fingerprint density at radius 3 is 1.17 bits per heavy atom. The Hall–Kier alpha value is 1.69. The van der Waals surface area contributed by atoms with Crippen molar-refractivity contribution in [1.29, 1.82) is 0 Å². The van der Waals surface area contributed by atoms with Gasteiger partial charge in [-0.1, -0.05) is 0 Å². The van der Waals surface area contributed by atoms with Gasteiger partial charge in [0.05, 0.1) is 0 Å². The van der Waals surface area contributed by atoms with Crippen LogP contribution in [0.3, 0.4) is 0 Å². The van der Waals surface area contributed by atoms with Crippen LogP contribution in [0.15, 0.2) is 12.2 Å². The van der Waals surface area contributed by atoms with E-state index in [1.165, 1.54) is 12.2 Å². The molecule has 0 bridgehead atoms. The first kappa shape index (κ1) is 15.6. The molecule has 0 aliphatic heterocycles. The molecule has 0 aromatic rings. The quantitative estimate of drug-likeness (QED) is 0.470. The van der Waals surface area contributed by atoms with Crippen LogP contribution >= 0.6 is 0 Å². The summed E-state index contributed by atoms with van der Waals surface area (Å²) in [5.41, 5.74) is 0. The first-order chi connectivity index (χ1) is 1.91. The van der Waals surface area contributed by atoms with Gasteiger partial charge in [0.25, 0.3) is 0 Å². The van der Waals surface area contributed by atoms with Crippen LogP contribution < -0.4 is 0 Å². The van der Waals surface area contributed by atoms with Gasteiger partial charge in [0, 0.05) is 66.8 Å². The first-order valence-electron chi connectivity index (χ1n) is 1.00. The van der Waals surface area contributed by atoms with Crippen molar-refractivity contribution in [2.45, 2.75) is 0 Å². The topological polar surface area (TPSA) is 0 Å². The minimum Gasteiger partial charge on any atom is -0.394 e. The van der Waals surface area contributed by atoms with Gasteiger partial charge in [-0.2, -0.15) is 0 Å². The van der Waals surface area contributed by atoms with Crippen LogP contribution in [-0.4, -0.2) is 0 Å². The van der Waals surface area contributed by atoms with E-state index in [0.717, 1.165) is 0 Å². The molecule has 0 aliphatic rings. The van der Waals surface area contributed by atoms with Crippen molar-refractivity contribution in [2.75, 3.05) is 0 Å². The van der Waals surface area contributed by atoms with Gasteiger partial charge in [-0.15, -0.1) is 0 Å². The molecule has 0 nitrogen and oxygen atoms in total. The fourth-order valence-corrected chi connectivity index (χ4v) is 0. The van der Waals surface area contributed by atoms with Crippen LogP contribution in [0.5, 0.6) is 0 Å². The van der Waals surface area contributed by atoms with Gasteiger partial charge in [0.1, 0.15) is 0 Å². The van der Waals surface area contributed by atoms with Crippen LogP contribution in [0.25, 0.3) is 0 Å². The zero-order valence-corrected chi connectivity index (χ0v) is 9.14. The predicted octanol–water partition coefficient (Wildman–Crippen LogP) is 1.21. The third-order valence-corrected chi connectivity index (χ3v) is 0.111. The molecule has 0 atom stereocenters. The van der Waals surface area contributed by atoms with Gasteiger partial charge < -0.3 is 25.3 Å². The van der Waals surface area contributed by atoms with Crippen LogP contribution in [-0.2, 0) is 65.4 Å². The Morgan fingerprint density at radius 1 is 1.00 bits per heavy atom. The molecule has 2 radical (unpaired) electrons. The molecule has 0 saturated heterocycles. The summed E-state index contributed by atoms with van der Waals surface area (Å²) in [7, 11) is 0. The Balaban J connectivity index is -0.0000000150. The zero-order chi connectivity index (χ0) is 3.41. The van der Waals surface area contributed by atoms with E-state index in [1.807, 2.05) is 0 Å². The zero-order valence-electron chi connectivity index (χ0n) is 3.46. The average Bonchev–Trinajstić information content (AvgIpc) is 1.37. The molecule has 2 heteroatoms. The van der Waals surface area contributed by atoms with Gasteiger partial charge in [0.15, 0.2) is 0 Å². The molecule has 0 heterocycles. The summed E-state index contributed by atoms with van der Waals surface area (Å²) in [4.78, 5) is 0. The van der Waals surface area contributed by atoms with E-state index in [9.17, 15) is 0 Å². The molecule has 6 heavy (non-hydrogen) atoms. The molecule has 0 saturated carbocycles. The molecular weight excluding hydrogens is 226 g/mol. The Labute approximate surface area is 90.7 Å². The minimum atomic E-state index is 0. The van der Waals surface area contributed by atoms with Gasteiger partial charge in [0.2, 0.25) is 0 Å². The van der Waals surface area contributed by atoms with E-state index in [2.05, 4.69) is 0 Å². The fourth-order valence-electron chi connectivity index (χ4n) is 0. The molecule has 0 amide bonds. The number of rotatable bonds is 1. The van der Waals surface area contributed by atoms with Crippen LogP contribution in [0.1, 0.15) is 1.43 Å². The summed E-state index contributed by atoms with van der Waals surface area (Å²) < 4.78 is 0. The summed E-state index contributed by atoms with van der Waals surface area (Å²) in [6.07, 6.45) is 2.56. The van der Waals surface area contributed by atoms with Gasteiger partial charge in [-0.05, 0) is 0 Å². The first-order valence-corrected chi connectivity index (χ1v) is 1.00. The molecule has 0 unspecified atom stereocenters. The molecular formula is C4H6Y2-2. The molecule has 0 fully saturated rings. The van der Waals surface area contributed by atoms with Crippen LogP contribution in [0.2, 0.25) is 0 Å². The van der Waals surface area contributed by atoms with Crippen molar-refractivity contribution in [3.8, 4) is 0 Å². The monoisotopic (exact) mass is 232 g/mol. The van der Waals surface area contributed by atoms with E-state index in [1.54, 1.807) is 0 Å². The molecule has 30 valence electrons. The summed E-state index contributed by atoms with van der Waals surface area (Å²) in [6.45, 7) is 9.44. The molecule has 0 aromatic carbocycles. The van der Waals surface area contributed by atoms with Crippen molar-refractivity contribution in [2.24, 2.45) is 0 Å². The summed E-state index contributed by atoms with van der Waals surface area (Å²) in [5, 5.41) is 0. The maximum absolute atomic E-state index is 4.72. The predicted molar refractivity (Wildman–Crippen MR) is 19.9 cm³/mol.